The molecule has 1 aliphatic rings. The van der Waals surface area contributed by atoms with Crippen molar-refractivity contribution in [2.75, 3.05) is 0 Å². The second kappa shape index (κ2) is 7.63. The van der Waals surface area contributed by atoms with E-state index in [1.165, 1.54) is 12.8 Å². The SMILES string of the molecule is CCn1c(C)ccc(-c2noc(CCC(=O)NC3CCCC3)n2)c1=O. The van der Waals surface area contributed by atoms with Gasteiger partial charge in [0.05, 0.1) is 5.56 Å². The summed E-state index contributed by atoms with van der Waals surface area (Å²) >= 11 is 0. The van der Waals surface area contributed by atoms with Crippen LogP contribution in [0.1, 0.15) is 50.6 Å². The summed E-state index contributed by atoms with van der Waals surface area (Å²) in [5.41, 5.74) is 1.18. The molecule has 3 rings (SSSR count). The lowest BCUT2D eigenvalue weighted by Gasteiger charge is -2.10. The van der Waals surface area contributed by atoms with Crippen LogP contribution >= 0.6 is 0 Å². The highest BCUT2D eigenvalue weighted by Gasteiger charge is 2.18. The highest BCUT2D eigenvalue weighted by atomic mass is 16.5. The quantitative estimate of drug-likeness (QED) is 0.868. The van der Waals surface area contributed by atoms with Crippen molar-refractivity contribution in [3.63, 3.8) is 0 Å². The zero-order valence-electron chi connectivity index (χ0n) is 14.7. The van der Waals surface area contributed by atoms with Gasteiger partial charge in [-0.15, -0.1) is 0 Å². The minimum Gasteiger partial charge on any atom is -0.353 e. The first-order valence-electron chi connectivity index (χ1n) is 8.91. The normalized spacial score (nSPS) is 14.8. The number of amides is 1. The number of carbonyl (C=O) groups is 1. The predicted octanol–water partition coefficient (Wildman–Crippen LogP) is 2.22. The summed E-state index contributed by atoms with van der Waals surface area (Å²) in [4.78, 5) is 28.7. The molecule has 0 aliphatic heterocycles. The van der Waals surface area contributed by atoms with Gasteiger partial charge in [-0.1, -0.05) is 18.0 Å². The number of hydrogen-bond donors (Lipinski definition) is 1. The zero-order chi connectivity index (χ0) is 17.8. The summed E-state index contributed by atoms with van der Waals surface area (Å²) in [7, 11) is 0. The molecule has 25 heavy (non-hydrogen) atoms. The van der Waals surface area contributed by atoms with E-state index in [2.05, 4.69) is 15.5 Å². The molecule has 0 saturated heterocycles. The Morgan fingerprint density at radius 2 is 2.12 bits per heavy atom. The minimum atomic E-state index is -0.131. The Hall–Kier alpha value is -2.44. The van der Waals surface area contributed by atoms with E-state index < -0.39 is 0 Å². The maximum Gasteiger partial charge on any atom is 0.261 e. The molecule has 2 heterocycles. The molecule has 0 aromatic carbocycles. The first kappa shape index (κ1) is 17.4. The number of aryl methyl sites for hydroxylation is 2. The van der Waals surface area contributed by atoms with E-state index >= 15 is 0 Å². The Bertz CT molecular complexity index is 803. The molecule has 1 N–H and O–H groups in total. The van der Waals surface area contributed by atoms with Crippen molar-refractivity contribution in [1.29, 1.82) is 0 Å². The highest BCUT2D eigenvalue weighted by molar-refractivity contribution is 5.76. The molecule has 7 nitrogen and oxygen atoms in total. The Morgan fingerprint density at radius 3 is 2.84 bits per heavy atom. The standard InChI is InChI=1S/C18H24N4O3/c1-3-22-12(2)8-9-14(18(22)24)17-20-16(25-21-17)11-10-15(23)19-13-6-4-5-7-13/h8-9,13H,3-7,10-11H2,1-2H3,(H,19,23). The summed E-state index contributed by atoms with van der Waals surface area (Å²) in [6, 6.07) is 3.89. The number of aromatic nitrogens is 3. The second-order valence-corrected chi connectivity index (χ2v) is 6.50. The van der Waals surface area contributed by atoms with Crippen LogP contribution in [0.4, 0.5) is 0 Å². The van der Waals surface area contributed by atoms with Gasteiger partial charge in [-0.25, -0.2) is 0 Å². The van der Waals surface area contributed by atoms with Crippen molar-refractivity contribution in [2.24, 2.45) is 0 Å². The van der Waals surface area contributed by atoms with E-state index in [9.17, 15) is 9.59 Å². The van der Waals surface area contributed by atoms with Gasteiger partial charge in [0, 0.05) is 31.1 Å². The average Bonchev–Trinajstić information content (AvgIpc) is 3.25. The van der Waals surface area contributed by atoms with Crippen LogP contribution in [0.15, 0.2) is 21.5 Å². The summed E-state index contributed by atoms with van der Waals surface area (Å²) in [6.07, 6.45) is 5.18. The first-order valence-corrected chi connectivity index (χ1v) is 8.91. The first-order chi connectivity index (χ1) is 12.1. The molecule has 1 aliphatic carbocycles. The van der Waals surface area contributed by atoms with Gasteiger partial charge < -0.3 is 14.4 Å². The molecule has 1 fully saturated rings. The lowest BCUT2D eigenvalue weighted by Crippen LogP contribution is -2.32. The van der Waals surface area contributed by atoms with Gasteiger partial charge in [0.25, 0.3) is 5.56 Å². The van der Waals surface area contributed by atoms with E-state index in [0.717, 1.165) is 18.5 Å². The summed E-state index contributed by atoms with van der Waals surface area (Å²) in [5, 5.41) is 6.94. The number of hydrogen-bond acceptors (Lipinski definition) is 5. The summed E-state index contributed by atoms with van der Waals surface area (Å²) in [6.45, 7) is 4.40. The maximum atomic E-state index is 12.5. The van der Waals surface area contributed by atoms with Crippen molar-refractivity contribution >= 4 is 5.91 Å². The fourth-order valence-electron chi connectivity index (χ4n) is 3.29. The van der Waals surface area contributed by atoms with Crippen molar-refractivity contribution in [3.8, 4) is 11.4 Å². The third-order valence-electron chi connectivity index (χ3n) is 4.70. The Balaban J connectivity index is 1.64. The van der Waals surface area contributed by atoms with Crippen molar-refractivity contribution in [2.45, 2.75) is 65.0 Å². The van der Waals surface area contributed by atoms with Gasteiger partial charge in [0.1, 0.15) is 0 Å². The van der Waals surface area contributed by atoms with Gasteiger partial charge in [-0.3, -0.25) is 9.59 Å². The average molecular weight is 344 g/mol. The molecule has 0 unspecified atom stereocenters. The van der Waals surface area contributed by atoms with E-state index in [4.69, 9.17) is 4.52 Å². The molecule has 2 aromatic rings. The van der Waals surface area contributed by atoms with Crippen LogP contribution in [0.5, 0.6) is 0 Å². The predicted molar refractivity (Wildman–Crippen MR) is 93.1 cm³/mol. The number of rotatable bonds is 6. The molecule has 1 amide bonds. The topological polar surface area (TPSA) is 90.0 Å². The molecule has 2 aromatic heterocycles. The van der Waals surface area contributed by atoms with Gasteiger partial charge >= 0.3 is 0 Å². The van der Waals surface area contributed by atoms with Crippen LogP contribution in [0.25, 0.3) is 11.4 Å². The molecule has 7 heteroatoms. The lowest BCUT2D eigenvalue weighted by molar-refractivity contribution is -0.121. The molecule has 0 bridgehead atoms. The van der Waals surface area contributed by atoms with E-state index in [1.807, 2.05) is 19.9 Å². The summed E-state index contributed by atoms with van der Waals surface area (Å²) < 4.78 is 6.88. The third-order valence-corrected chi connectivity index (χ3v) is 4.70. The Morgan fingerprint density at radius 1 is 1.36 bits per heavy atom. The van der Waals surface area contributed by atoms with Gasteiger partial charge in [-0.2, -0.15) is 4.98 Å². The molecule has 0 spiro atoms. The van der Waals surface area contributed by atoms with Gasteiger partial charge in [0.15, 0.2) is 0 Å². The van der Waals surface area contributed by atoms with Crippen LogP contribution in [0.3, 0.4) is 0 Å². The maximum absolute atomic E-state index is 12.5. The Kier molecular flexibility index (Phi) is 5.31. The van der Waals surface area contributed by atoms with Crippen LogP contribution in [0, 0.1) is 6.92 Å². The van der Waals surface area contributed by atoms with Crippen molar-refractivity contribution < 1.29 is 9.32 Å². The van der Waals surface area contributed by atoms with Crippen LogP contribution in [-0.2, 0) is 17.8 Å². The zero-order valence-corrected chi connectivity index (χ0v) is 14.7. The van der Waals surface area contributed by atoms with Crippen LogP contribution < -0.4 is 10.9 Å². The van der Waals surface area contributed by atoms with Crippen molar-refractivity contribution in [1.82, 2.24) is 20.0 Å². The largest absolute Gasteiger partial charge is 0.353 e. The fourth-order valence-corrected chi connectivity index (χ4v) is 3.29. The van der Waals surface area contributed by atoms with E-state index in [0.29, 0.717) is 36.9 Å². The van der Waals surface area contributed by atoms with Crippen LogP contribution in [-0.4, -0.2) is 26.7 Å². The molecule has 0 atom stereocenters. The third kappa shape index (κ3) is 3.97. The molecular formula is C18H24N4O3. The van der Waals surface area contributed by atoms with E-state index in [1.54, 1.807) is 10.6 Å². The summed E-state index contributed by atoms with van der Waals surface area (Å²) in [5.74, 6) is 0.660. The Labute approximate surface area is 146 Å². The number of pyridine rings is 1. The molecule has 1 saturated carbocycles. The highest BCUT2D eigenvalue weighted by Crippen LogP contribution is 2.18. The van der Waals surface area contributed by atoms with E-state index in [-0.39, 0.29) is 17.3 Å². The van der Waals surface area contributed by atoms with Gasteiger partial charge in [-0.05, 0) is 38.8 Å². The van der Waals surface area contributed by atoms with Crippen LogP contribution in [0.2, 0.25) is 0 Å². The lowest BCUT2D eigenvalue weighted by atomic mass is 10.2. The number of nitrogens with one attached hydrogen (secondary N) is 1. The van der Waals surface area contributed by atoms with Gasteiger partial charge in [0.2, 0.25) is 17.6 Å². The number of nitrogens with zero attached hydrogens (tertiary/aromatic N) is 3. The smallest absolute Gasteiger partial charge is 0.261 e. The fraction of sp³-hybridized carbons (Fsp3) is 0.556. The second-order valence-electron chi connectivity index (χ2n) is 6.50. The number of carbonyl (C=O) groups excluding carboxylic acids is 1. The molecule has 134 valence electrons. The van der Waals surface area contributed by atoms with Crippen molar-refractivity contribution in [3.05, 3.63) is 34.1 Å². The molecular weight excluding hydrogens is 320 g/mol. The molecule has 0 radical (unpaired) electrons. The minimum absolute atomic E-state index is 0.00956. The monoisotopic (exact) mass is 344 g/mol.